The molecule has 0 radical (unpaired) electrons. The summed E-state index contributed by atoms with van der Waals surface area (Å²) in [5.74, 6) is -0.184. The fourth-order valence-corrected chi connectivity index (χ4v) is 2.38. The fraction of sp³-hybridized carbons (Fsp3) is 0.500. The van der Waals surface area contributed by atoms with E-state index in [0.29, 0.717) is 0 Å². The number of halogens is 1. The maximum atomic E-state index is 11.9. The second-order valence-electron chi connectivity index (χ2n) is 4.70. The van der Waals surface area contributed by atoms with Gasteiger partial charge in [-0.05, 0) is 42.9 Å². The molecule has 4 nitrogen and oxygen atoms in total. The molecule has 1 aliphatic carbocycles. The van der Waals surface area contributed by atoms with Gasteiger partial charge >= 0.3 is 0 Å². The summed E-state index contributed by atoms with van der Waals surface area (Å²) in [6.45, 7) is 0.237. The number of hydrogen-bond donors (Lipinski definition) is 2. The van der Waals surface area contributed by atoms with Crippen molar-refractivity contribution in [2.75, 3.05) is 19.0 Å². The SMILES string of the molecule is COCC(N)C(=O)Nc1cccc2c1CCCC2.Cl. The molecule has 1 aromatic rings. The maximum Gasteiger partial charge on any atom is 0.243 e. The van der Waals surface area contributed by atoms with Gasteiger partial charge in [-0.25, -0.2) is 0 Å². The van der Waals surface area contributed by atoms with E-state index in [0.717, 1.165) is 18.5 Å². The molecule has 0 bridgehead atoms. The number of carbonyl (C=O) groups is 1. The molecule has 0 spiro atoms. The van der Waals surface area contributed by atoms with E-state index in [9.17, 15) is 4.79 Å². The van der Waals surface area contributed by atoms with Crippen LogP contribution in [0.2, 0.25) is 0 Å². The maximum absolute atomic E-state index is 11.9. The summed E-state index contributed by atoms with van der Waals surface area (Å²) in [6.07, 6.45) is 4.55. The third-order valence-corrected chi connectivity index (χ3v) is 3.34. The van der Waals surface area contributed by atoms with E-state index in [2.05, 4.69) is 11.4 Å². The number of fused-ring (bicyclic) bond motifs is 1. The molecule has 0 heterocycles. The Bertz CT molecular complexity index is 437. The van der Waals surface area contributed by atoms with Crippen LogP contribution in [0.5, 0.6) is 0 Å². The molecule has 2 rings (SSSR count). The van der Waals surface area contributed by atoms with Crippen LogP contribution < -0.4 is 11.1 Å². The number of nitrogens with two attached hydrogens (primary N) is 1. The smallest absolute Gasteiger partial charge is 0.243 e. The van der Waals surface area contributed by atoms with Crippen LogP contribution in [-0.2, 0) is 22.4 Å². The Labute approximate surface area is 120 Å². The fourth-order valence-electron chi connectivity index (χ4n) is 2.38. The van der Waals surface area contributed by atoms with Gasteiger partial charge < -0.3 is 15.8 Å². The summed E-state index contributed by atoms with van der Waals surface area (Å²) in [6, 6.07) is 5.46. The van der Waals surface area contributed by atoms with Gasteiger partial charge in [0, 0.05) is 12.8 Å². The first-order chi connectivity index (χ1) is 8.72. The average molecular weight is 285 g/mol. The minimum Gasteiger partial charge on any atom is -0.383 e. The standard InChI is InChI=1S/C14H20N2O2.ClH/c1-18-9-12(15)14(17)16-13-8-4-6-10-5-2-3-7-11(10)13;/h4,6,8,12H,2-3,5,7,9,15H2,1H3,(H,16,17);1H. The lowest BCUT2D eigenvalue weighted by Gasteiger charge is -2.20. The summed E-state index contributed by atoms with van der Waals surface area (Å²) in [5, 5.41) is 2.91. The van der Waals surface area contributed by atoms with Gasteiger partial charge in [0.05, 0.1) is 6.61 Å². The molecular formula is C14H21ClN2O2. The highest BCUT2D eigenvalue weighted by Gasteiger charge is 2.17. The second-order valence-corrected chi connectivity index (χ2v) is 4.70. The van der Waals surface area contributed by atoms with Crippen LogP contribution in [-0.4, -0.2) is 25.7 Å². The largest absolute Gasteiger partial charge is 0.383 e. The molecule has 1 atom stereocenters. The van der Waals surface area contributed by atoms with Gasteiger partial charge in [-0.1, -0.05) is 12.1 Å². The molecule has 1 amide bonds. The molecular weight excluding hydrogens is 264 g/mol. The van der Waals surface area contributed by atoms with Crippen molar-refractivity contribution in [3.8, 4) is 0 Å². The molecule has 0 saturated heterocycles. The van der Waals surface area contributed by atoms with Gasteiger partial charge in [0.15, 0.2) is 0 Å². The van der Waals surface area contributed by atoms with Crippen LogP contribution in [0.15, 0.2) is 18.2 Å². The summed E-state index contributed by atoms with van der Waals surface area (Å²) >= 11 is 0. The Morgan fingerprint density at radius 1 is 1.42 bits per heavy atom. The number of aryl methyl sites for hydroxylation is 1. The van der Waals surface area contributed by atoms with Crippen LogP contribution in [0.3, 0.4) is 0 Å². The van der Waals surface area contributed by atoms with Gasteiger partial charge in [-0.2, -0.15) is 0 Å². The predicted molar refractivity (Wildman–Crippen MR) is 78.8 cm³/mol. The number of anilines is 1. The first kappa shape index (κ1) is 16.0. The predicted octanol–water partition coefficient (Wildman–Crippen LogP) is 1.90. The van der Waals surface area contributed by atoms with E-state index in [4.69, 9.17) is 10.5 Å². The quantitative estimate of drug-likeness (QED) is 0.887. The number of amides is 1. The van der Waals surface area contributed by atoms with E-state index in [1.165, 1.54) is 31.1 Å². The first-order valence-electron chi connectivity index (χ1n) is 6.38. The summed E-state index contributed by atoms with van der Waals surface area (Å²) in [5.41, 5.74) is 9.23. The zero-order valence-electron chi connectivity index (χ0n) is 11.1. The van der Waals surface area contributed by atoms with Crippen molar-refractivity contribution in [3.63, 3.8) is 0 Å². The zero-order valence-corrected chi connectivity index (χ0v) is 12.0. The average Bonchev–Trinajstić information content (AvgIpc) is 2.39. The topological polar surface area (TPSA) is 64.3 Å². The van der Waals surface area contributed by atoms with Crippen molar-refractivity contribution in [1.82, 2.24) is 0 Å². The summed E-state index contributed by atoms with van der Waals surface area (Å²) in [4.78, 5) is 11.9. The number of methoxy groups -OCH3 is 1. The van der Waals surface area contributed by atoms with Crippen molar-refractivity contribution in [2.24, 2.45) is 5.73 Å². The Kier molecular flexibility index (Phi) is 6.28. The van der Waals surface area contributed by atoms with Crippen molar-refractivity contribution >= 4 is 24.0 Å². The van der Waals surface area contributed by atoms with Gasteiger partial charge in [0.2, 0.25) is 5.91 Å². The molecule has 106 valence electrons. The number of rotatable bonds is 4. The Balaban J connectivity index is 0.00000180. The lowest BCUT2D eigenvalue weighted by molar-refractivity contribution is -0.118. The Morgan fingerprint density at radius 2 is 2.16 bits per heavy atom. The highest BCUT2D eigenvalue weighted by Crippen LogP contribution is 2.27. The van der Waals surface area contributed by atoms with Crippen LogP contribution in [0.4, 0.5) is 5.69 Å². The van der Waals surface area contributed by atoms with Crippen molar-refractivity contribution in [2.45, 2.75) is 31.7 Å². The minimum absolute atomic E-state index is 0. The van der Waals surface area contributed by atoms with Gasteiger partial charge in [0.1, 0.15) is 6.04 Å². The molecule has 0 aromatic heterocycles. The van der Waals surface area contributed by atoms with Crippen molar-refractivity contribution in [1.29, 1.82) is 0 Å². The normalized spacial score (nSPS) is 15.1. The molecule has 19 heavy (non-hydrogen) atoms. The molecule has 1 aliphatic rings. The van der Waals surface area contributed by atoms with Gasteiger partial charge in [0.25, 0.3) is 0 Å². The highest BCUT2D eigenvalue weighted by molar-refractivity contribution is 5.95. The summed E-state index contributed by atoms with van der Waals surface area (Å²) in [7, 11) is 1.54. The molecule has 0 fully saturated rings. The van der Waals surface area contributed by atoms with E-state index in [1.807, 2.05) is 12.1 Å². The molecule has 0 aliphatic heterocycles. The number of benzene rings is 1. The molecule has 1 aromatic carbocycles. The van der Waals surface area contributed by atoms with Gasteiger partial charge in [-0.3, -0.25) is 4.79 Å². The van der Waals surface area contributed by atoms with E-state index in [1.54, 1.807) is 0 Å². The molecule has 1 unspecified atom stereocenters. The first-order valence-corrected chi connectivity index (χ1v) is 6.38. The number of carbonyl (C=O) groups excluding carboxylic acids is 1. The van der Waals surface area contributed by atoms with Crippen LogP contribution in [0, 0.1) is 0 Å². The van der Waals surface area contributed by atoms with Crippen LogP contribution >= 0.6 is 12.4 Å². The van der Waals surface area contributed by atoms with E-state index < -0.39 is 6.04 Å². The van der Waals surface area contributed by atoms with E-state index in [-0.39, 0.29) is 24.9 Å². The Morgan fingerprint density at radius 3 is 2.89 bits per heavy atom. The third kappa shape index (κ3) is 3.93. The molecule has 0 saturated carbocycles. The lowest BCUT2D eigenvalue weighted by atomic mass is 9.90. The Hall–Kier alpha value is -1.10. The minimum atomic E-state index is -0.616. The number of nitrogens with one attached hydrogen (secondary N) is 1. The van der Waals surface area contributed by atoms with Crippen molar-refractivity contribution in [3.05, 3.63) is 29.3 Å². The van der Waals surface area contributed by atoms with Crippen molar-refractivity contribution < 1.29 is 9.53 Å². The highest BCUT2D eigenvalue weighted by atomic mass is 35.5. The second kappa shape index (κ2) is 7.48. The van der Waals surface area contributed by atoms with Crippen LogP contribution in [0.25, 0.3) is 0 Å². The lowest BCUT2D eigenvalue weighted by Crippen LogP contribution is -2.39. The number of ether oxygens (including phenoxy) is 1. The zero-order chi connectivity index (χ0) is 13.0. The van der Waals surface area contributed by atoms with Crippen LogP contribution in [0.1, 0.15) is 24.0 Å². The summed E-state index contributed by atoms with van der Waals surface area (Å²) < 4.78 is 4.89. The third-order valence-electron chi connectivity index (χ3n) is 3.34. The number of hydrogen-bond acceptors (Lipinski definition) is 3. The molecule has 5 heteroatoms. The molecule has 3 N–H and O–H groups in total. The monoisotopic (exact) mass is 284 g/mol. The van der Waals surface area contributed by atoms with Gasteiger partial charge in [-0.15, -0.1) is 12.4 Å². The van der Waals surface area contributed by atoms with E-state index >= 15 is 0 Å².